The predicted octanol–water partition coefficient (Wildman–Crippen LogP) is 5.30. The van der Waals surface area contributed by atoms with E-state index < -0.39 is 12.0 Å². The SMILES string of the molecule is CC(C)c1ccc(NC(=O)N2CCC[C@H]2C(=O)Nc2ccc3cc(C(=O)O)ccc3c2)cc1. The van der Waals surface area contributed by atoms with E-state index >= 15 is 0 Å². The minimum absolute atomic E-state index is 0.214. The van der Waals surface area contributed by atoms with Crippen molar-refractivity contribution in [2.24, 2.45) is 0 Å². The van der Waals surface area contributed by atoms with Crippen LogP contribution in [0.25, 0.3) is 10.8 Å². The minimum atomic E-state index is -0.982. The van der Waals surface area contributed by atoms with Gasteiger partial charge in [-0.2, -0.15) is 0 Å². The number of likely N-dealkylation sites (tertiary alicyclic amines) is 1. The molecule has 0 aliphatic carbocycles. The Balaban J connectivity index is 1.43. The third kappa shape index (κ3) is 4.98. The Morgan fingerprint density at radius 2 is 1.58 bits per heavy atom. The van der Waals surface area contributed by atoms with E-state index in [1.165, 1.54) is 11.6 Å². The number of urea groups is 1. The van der Waals surface area contributed by atoms with Crippen LogP contribution in [0.5, 0.6) is 0 Å². The van der Waals surface area contributed by atoms with Crippen molar-refractivity contribution in [1.29, 1.82) is 0 Å². The minimum Gasteiger partial charge on any atom is -0.478 e. The van der Waals surface area contributed by atoms with Crippen LogP contribution in [0.15, 0.2) is 60.7 Å². The molecule has 7 nitrogen and oxygen atoms in total. The molecule has 170 valence electrons. The monoisotopic (exact) mass is 445 g/mol. The van der Waals surface area contributed by atoms with E-state index in [0.29, 0.717) is 30.3 Å². The molecular weight excluding hydrogens is 418 g/mol. The molecule has 1 saturated heterocycles. The van der Waals surface area contributed by atoms with Crippen LogP contribution in [-0.4, -0.2) is 40.5 Å². The number of benzene rings is 3. The van der Waals surface area contributed by atoms with Gasteiger partial charge in [-0.25, -0.2) is 9.59 Å². The topological polar surface area (TPSA) is 98.7 Å². The van der Waals surface area contributed by atoms with Crippen LogP contribution in [0.1, 0.15) is 48.5 Å². The molecule has 3 amide bonds. The Bertz CT molecular complexity index is 1200. The molecule has 3 N–H and O–H groups in total. The van der Waals surface area contributed by atoms with Crippen molar-refractivity contribution in [3.05, 3.63) is 71.8 Å². The highest BCUT2D eigenvalue weighted by Crippen LogP contribution is 2.24. The van der Waals surface area contributed by atoms with Crippen molar-refractivity contribution >= 4 is 40.1 Å². The maximum atomic E-state index is 13.0. The van der Waals surface area contributed by atoms with Crippen molar-refractivity contribution in [2.75, 3.05) is 17.2 Å². The Morgan fingerprint density at radius 1 is 0.909 bits per heavy atom. The van der Waals surface area contributed by atoms with Gasteiger partial charge in [0.2, 0.25) is 5.91 Å². The van der Waals surface area contributed by atoms with Crippen molar-refractivity contribution in [2.45, 2.75) is 38.6 Å². The molecule has 0 unspecified atom stereocenters. The van der Waals surface area contributed by atoms with Crippen LogP contribution < -0.4 is 10.6 Å². The Hall–Kier alpha value is -3.87. The first kappa shape index (κ1) is 22.3. The second-order valence-corrected chi connectivity index (χ2v) is 8.63. The van der Waals surface area contributed by atoms with Crippen molar-refractivity contribution in [3.8, 4) is 0 Å². The van der Waals surface area contributed by atoms with E-state index in [-0.39, 0.29) is 17.5 Å². The molecule has 0 saturated carbocycles. The smallest absolute Gasteiger partial charge is 0.335 e. The van der Waals surface area contributed by atoms with Crippen LogP contribution in [0.2, 0.25) is 0 Å². The maximum Gasteiger partial charge on any atom is 0.335 e. The fourth-order valence-corrected chi connectivity index (χ4v) is 4.11. The van der Waals surface area contributed by atoms with Gasteiger partial charge >= 0.3 is 12.0 Å². The molecule has 4 rings (SSSR count). The zero-order valence-corrected chi connectivity index (χ0v) is 18.7. The quantitative estimate of drug-likeness (QED) is 0.496. The summed E-state index contributed by atoms with van der Waals surface area (Å²) in [6.07, 6.45) is 1.36. The van der Waals surface area contributed by atoms with Crippen LogP contribution in [-0.2, 0) is 4.79 Å². The molecule has 0 bridgehead atoms. The van der Waals surface area contributed by atoms with Gasteiger partial charge in [0.1, 0.15) is 6.04 Å². The first-order valence-electron chi connectivity index (χ1n) is 11.1. The van der Waals surface area contributed by atoms with Gasteiger partial charge < -0.3 is 20.6 Å². The van der Waals surface area contributed by atoms with Gasteiger partial charge in [0.05, 0.1) is 5.56 Å². The number of carboxylic acid groups (broad SMARTS) is 1. The van der Waals surface area contributed by atoms with Crippen LogP contribution in [0.3, 0.4) is 0 Å². The van der Waals surface area contributed by atoms with E-state index in [2.05, 4.69) is 24.5 Å². The normalized spacial score (nSPS) is 15.6. The second kappa shape index (κ2) is 9.32. The number of hydrogen-bond donors (Lipinski definition) is 3. The molecule has 1 aliphatic heterocycles. The lowest BCUT2D eigenvalue weighted by atomic mass is 10.0. The first-order chi connectivity index (χ1) is 15.8. The number of carbonyl (C=O) groups is 3. The van der Waals surface area contributed by atoms with Crippen molar-refractivity contribution < 1.29 is 19.5 Å². The van der Waals surface area contributed by atoms with Gasteiger partial charge in [-0.1, -0.05) is 38.1 Å². The number of hydrogen-bond acceptors (Lipinski definition) is 3. The third-order valence-electron chi connectivity index (χ3n) is 6.00. The van der Waals surface area contributed by atoms with Gasteiger partial charge in [0, 0.05) is 17.9 Å². The number of aromatic carboxylic acids is 1. The average molecular weight is 446 g/mol. The summed E-state index contributed by atoms with van der Waals surface area (Å²) in [6.45, 7) is 4.75. The van der Waals surface area contributed by atoms with Crippen LogP contribution >= 0.6 is 0 Å². The Morgan fingerprint density at radius 3 is 2.27 bits per heavy atom. The zero-order chi connectivity index (χ0) is 23.5. The summed E-state index contributed by atoms with van der Waals surface area (Å²) in [4.78, 5) is 38.5. The second-order valence-electron chi connectivity index (χ2n) is 8.63. The van der Waals surface area contributed by atoms with Gasteiger partial charge in [-0.15, -0.1) is 0 Å². The molecule has 7 heteroatoms. The molecule has 1 heterocycles. The number of amides is 3. The zero-order valence-electron chi connectivity index (χ0n) is 18.7. The highest BCUT2D eigenvalue weighted by Gasteiger charge is 2.34. The molecule has 33 heavy (non-hydrogen) atoms. The largest absolute Gasteiger partial charge is 0.478 e. The fourth-order valence-electron chi connectivity index (χ4n) is 4.11. The van der Waals surface area contributed by atoms with Crippen molar-refractivity contribution in [1.82, 2.24) is 4.90 Å². The molecular formula is C26H27N3O4. The van der Waals surface area contributed by atoms with E-state index in [1.807, 2.05) is 24.3 Å². The summed E-state index contributed by atoms with van der Waals surface area (Å²) in [5.41, 5.74) is 2.71. The van der Waals surface area contributed by atoms with Gasteiger partial charge in [-0.3, -0.25) is 4.79 Å². The number of rotatable bonds is 5. The standard InChI is InChI=1S/C26H27N3O4/c1-16(2)17-7-10-21(11-8-17)28-26(33)29-13-3-4-23(29)24(30)27-22-12-9-18-14-20(25(31)32)6-5-19(18)15-22/h5-12,14-16,23H,3-4,13H2,1-2H3,(H,27,30)(H,28,33)(H,31,32)/t23-/m0/s1. The third-order valence-corrected chi connectivity index (χ3v) is 6.00. The molecule has 3 aromatic carbocycles. The molecule has 0 spiro atoms. The van der Waals surface area contributed by atoms with E-state index in [0.717, 1.165) is 17.2 Å². The van der Waals surface area contributed by atoms with E-state index in [9.17, 15) is 14.4 Å². The van der Waals surface area contributed by atoms with Crippen LogP contribution in [0, 0.1) is 0 Å². The molecule has 1 aliphatic rings. The van der Waals surface area contributed by atoms with E-state index in [4.69, 9.17) is 5.11 Å². The lowest BCUT2D eigenvalue weighted by molar-refractivity contribution is -0.119. The summed E-state index contributed by atoms with van der Waals surface area (Å²) < 4.78 is 0. The summed E-state index contributed by atoms with van der Waals surface area (Å²) in [6, 6.07) is 17.1. The highest BCUT2D eigenvalue weighted by molar-refractivity contribution is 6.01. The average Bonchev–Trinajstić information content (AvgIpc) is 3.29. The Labute approximate surface area is 192 Å². The first-order valence-corrected chi connectivity index (χ1v) is 11.1. The molecule has 1 fully saturated rings. The highest BCUT2D eigenvalue weighted by atomic mass is 16.4. The summed E-state index contributed by atoms with van der Waals surface area (Å²) in [5.74, 6) is -0.806. The lowest BCUT2D eigenvalue weighted by Crippen LogP contribution is -2.45. The van der Waals surface area contributed by atoms with E-state index in [1.54, 1.807) is 35.2 Å². The number of fused-ring (bicyclic) bond motifs is 1. The predicted molar refractivity (Wildman–Crippen MR) is 129 cm³/mol. The number of nitrogens with zero attached hydrogens (tertiary/aromatic N) is 1. The fraction of sp³-hybridized carbons (Fsp3) is 0.269. The Kier molecular flexibility index (Phi) is 6.31. The summed E-state index contributed by atoms with van der Waals surface area (Å²) in [7, 11) is 0. The molecule has 3 aromatic rings. The molecule has 1 atom stereocenters. The summed E-state index contributed by atoms with van der Waals surface area (Å²) in [5, 5.41) is 16.5. The molecule has 0 aromatic heterocycles. The number of carbonyl (C=O) groups excluding carboxylic acids is 2. The maximum absolute atomic E-state index is 13.0. The number of anilines is 2. The van der Waals surface area contributed by atoms with Gasteiger partial charge in [0.25, 0.3) is 0 Å². The lowest BCUT2D eigenvalue weighted by Gasteiger charge is -2.24. The van der Waals surface area contributed by atoms with Gasteiger partial charge in [-0.05, 0) is 71.5 Å². The molecule has 0 radical (unpaired) electrons. The summed E-state index contributed by atoms with van der Waals surface area (Å²) >= 11 is 0. The van der Waals surface area contributed by atoms with Crippen LogP contribution in [0.4, 0.5) is 16.2 Å². The van der Waals surface area contributed by atoms with Crippen molar-refractivity contribution in [3.63, 3.8) is 0 Å². The van der Waals surface area contributed by atoms with Gasteiger partial charge in [0.15, 0.2) is 0 Å². The number of nitrogens with one attached hydrogen (secondary N) is 2. The number of carboxylic acids is 1.